The molecule has 1 N–H and O–H groups in total. The second kappa shape index (κ2) is 8.70. The first-order valence-corrected chi connectivity index (χ1v) is 12.6. The van der Waals surface area contributed by atoms with Crippen molar-refractivity contribution in [3.8, 4) is 5.75 Å². The van der Waals surface area contributed by atoms with E-state index in [1.165, 1.54) is 17.4 Å². The van der Waals surface area contributed by atoms with Crippen molar-refractivity contribution in [1.29, 1.82) is 0 Å². The van der Waals surface area contributed by atoms with E-state index in [1.807, 2.05) is 30.3 Å². The summed E-state index contributed by atoms with van der Waals surface area (Å²) in [5, 5.41) is 10.1. The molecule has 0 unspecified atom stereocenters. The van der Waals surface area contributed by atoms with Crippen LogP contribution in [0.1, 0.15) is 41.7 Å². The van der Waals surface area contributed by atoms with Gasteiger partial charge in [-0.25, -0.2) is 8.42 Å². The maximum Gasteiger partial charge on any atom is 0.179 e. The van der Waals surface area contributed by atoms with E-state index in [0.717, 1.165) is 29.8 Å². The van der Waals surface area contributed by atoms with Crippen LogP contribution in [0.2, 0.25) is 0 Å². The largest absolute Gasteiger partial charge is 0.488 e. The summed E-state index contributed by atoms with van der Waals surface area (Å²) in [6.07, 6.45) is 1.21. The molecule has 0 fully saturated rings. The number of rotatable bonds is 7. The molecule has 0 bridgehead atoms. The summed E-state index contributed by atoms with van der Waals surface area (Å²) in [6, 6.07) is 21.3. The standard InChI is InChI=1S/C26H29NO4S/c1-26(2,28)23-11-8-19(9-12-23)18-31-24-13-10-20(14-25(24)32(3,29)30)15-27-16-21-6-4-5-7-22(21)17-27/h4-14,28H,15-18H2,1-3H3. The average Bonchev–Trinajstić information content (AvgIpc) is 3.14. The molecule has 3 aromatic rings. The molecule has 5 nitrogen and oxygen atoms in total. The SMILES string of the molecule is CC(C)(O)c1ccc(COc2ccc(CN3Cc4ccccc4C3)cc2S(C)(=O)=O)cc1. The minimum atomic E-state index is -3.45. The minimum absolute atomic E-state index is 0.208. The van der Waals surface area contributed by atoms with Crippen molar-refractivity contribution in [1.82, 2.24) is 4.90 Å². The summed E-state index contributed by atoms with van der Waals surface area (Å²) in [5.41, 5.74) is 4.40. The van der Waals surface area contributed by atoms with E-state index in [9.17, 15) is 13.5 Å². The van der Waals surface area contributed by atoms with Crippen LogP contribution in [0.3, 0.4) is 0 Å². The monoisotopic (exact) mass is 451 g/mol. The summed E-state index contributed by atoms with van der Waals surface area (Å²) in [7, 11) is -3.45. The van der Waals surface area contributed by atoms with Gasteiger partial charge in [-0.1, -0.05) is 54.6 Å². The van der Waals surface area contributed by atoms with Crippen LogP contribution < -0.4 is 4.74 Å². The third-order valence-electron chi connectivity index (χ3n) is 5.77. The zero-order valence-electron chi connectivity index (χ0n) is 18.7. The van der Waals surface area contributed by atoms with Gasteiger partial charge in [-0.2, -0.15) is 0 Å². The number of sulfone groups is 1. The van der Waals surface area contributed by atoms with E-state index in [2.05, 4.69) is 29.2 Å². The molecular weight excluding hydrogens is 422 g/mol. The molecule has 32 heavy (non-hydrogen) atoms. The number of nitrogens with zero attached hydrogens (tertiary/aromatic N) is 1. The van der Waals surface area contributed by atoms with E-state index in [4.69, 9.17) is 4.74 Å². The zero-order chi connectivity index (χ0) is 22.9. The van der Waals surface area contributed by atoms with Gasteiger partial charge in [0, 0.05) is 25.9 Å². The lowest BCUT2D eigenvalue weighted by molar-refractivity contribution is 0.0785. The lowest BCUT2D eigenvalue weighted by Crippen LogP contribution is -2.16. The van der Waals surface area contributed by atoms with Gasteiger partial charge < -0.3 is 9.84 Å². The summed E-state index contributed by atoms with van der Waals surface area (Å²) >= 11 is 0. The molecule has 168 valence electrons. The van der Waals surface area contributed by atoms with Crippen molar-refractivity contribution in [3.05, 3.63) is 94.5 Å². The minimum Gasteiger partial charge on any atom is -0.488 e. The van der Waals surface area contributed by atoms with Gasteiger partial charge in [-0.05, 0) is 53.8 Å². The van der Waals surface area contributed by atoms with Crippen LogP contribution in [0.15, 0.2) is 71.6 Å². The van der Waals surface area contributed by atoms with E-state index in [1.54, 1.807) is 26.0 Å². The maximum atomic E-state index is 12.5. The fourth-order valence-corrected chi connectivity index (χ4v) is 4.86. The lowest BCUT2D eigenvalue weighted by Gasteiger charge is -2.18. The Labute approximate surface area is 190 Å². The third kappa shape index (κ3) is 5.21. The Morgan fingerprint density at radius 1 is 0.938 bits per heavy atom. The van der Waals surface area contributed by atoms with Crippen LogP contribution in [-0.2, 0) is 41.7 Å². The van der Waals surface area contributed by atoms with Crippen LogP contribution in [0.5, 0.6) is 5.75 Å². The van der Waals surface area contributed by atoms with Gasteiger partial charge in [0.25, 0.3) is 0 Å². The normalized spacial score (nSPS) is 14.4. The Morgan fingerprint density at radius 2 is 1.53 bits per heavy atom. The van der Waals surface area contributed by atoms with Crippen molar-refractivity contribution in [2.75, 3.05) is 6.26 Å². The molecule has 0 saturated heterocycles. The molecule has 0 spiro atoms. The highest BCUT2D eigenvalue weighted by molar-refractivity contribution is 7.90. The quantitative estimate of drug-likeness (QED) is 0.576. The molecule has 0 saturated carbocycles. The second-order valence-electron chi connectivity index (χ2n) is 9.01. The zero-order valence-corrected chi connectivity index (χ0v) is 19.5. The van der Waals surface area contributed by atoms with Crippen LogP contribution in [0, 0.1) is 0 Å². The molecule has 0 aromatic heterocycles. The Kier molecular flexibility index (Phi) is 6.12. The van der Waals surface area contributed by atoms with Gasteiger partial charge in [0.1, 0.15) is 17.3 Å². The Bertz CT molecular complexity index is 1190. The number of fused-ring (bicyclic) bond motifs is 1. The number of hydrogen-bond acceptors (Lipinski definition) is 5. The van der Waals surface area contributed by atoms with Crippen molar-refractivity contribution >= 4 is 9.84 Å². The van der Waals surface area contributed by atoms with E-state index < -0.39 is 15.4 Å². The van der Waals surface area contributed by atoms with Crippen LogP contribution in [-0.4, -0.2) is 24.7 Å². The van der Waals surface area contributed by atoms with Crippen molar-refractivity contribution < 1.29 is 18.3 Å². The highest BCUT2D eigenvalue weighted by atomic mass is 32.2. The number of ether oxygens (including phenoxy) is 1. The molecule has 6 heteroatoms. The van der Waals surface area contributed by atoms with Crippen LogP contribution in [0.4, 0.5) is 0 Å². The Morgan fingerprint density at radius 3 is 2.09 bits per heavy atom. The highest BCUT2D eigenvalue weighted by Gasteiger charge is 2.21. The van der Waals surface area contributed by atoms with Gasteiger partial charge in [-0.3, -0.25) is 4.90 Å². The summed E-state index contributed by atoms with van der Waals surface area (Å²) < 4.78 is 30.8. The van der Waals surface area contributed by atoms with E-state index in [0.29, 0.717) is 12.3 Å². The van der Waals surface area contributed by atoms with Gasteiger partial charge in [0.15, 0.2) is 9.84 Å². The smallest absolute Gasteiger partial charge is 0.179 e. The molecule has 0 aliphatic carbocycles. The lowest BCUT2D eigenvalue weighted by atomic mass is 9.97. The molecule has 0 amide bonds. The predicted molar refractivity (Wildman–Crippen MR) is 125 cm³/mol. The highest BCUT2D eigenvalue weighted by Crippen LogP contribution is 2.29. The van der Waals surface area contributed by atoms with E-state index in [-0.39, 0.29) is 11.5 Å². The summed E-state index contributed by atoms with van der Waals surface area (Å²) in [4.78, 5) is 2.51. The maximum absolute atomic E-state index is 12.5. The van der Waals surface area contributed by atoms with Gasteiger partial charge >= 0.3 is 0 Å². The van der Waals surface area contributed by atoms with Crippen molar-refractivity contribution in [2.45, 2.75) is 50.6 Å². The van der Waals surface area contributed by atoms with Crippen molar-refractivity contribution in [3.63, 3.8) is 0 Å². The first-order chi connectivity index (χ1) is 15.1. The topological polar surface area (TPSA) is 66.8 Å². The van der Waals surface area contributed by atoms with Gasteiger partial charge in [-0.15, -0.1) is 0 Å². The molecule has 1 heterocycles. The average molecular weight is 452 g/mol. The first kappa shape index (κ1) is 22.5. The molecule has 0 atom stereocenters. The summed E-state index contributed by atoms with van der Waals surface area (Å²) in [6.45, 7) is 6.12. The van der Waals surface area contributed by atoms with Gasteiger partial charge in [0.05, 0.1) is 5.60 Å². The second-order valence-corrected chi connectivity index (χ2v) is 11.0. The molecular formula is C26H29NO4S. The number of benzene rings is 3. The number of hydrogen-bond donors (Lipinski definition) is 1. The fourth-order valence-electron chi connectivity index (χ4n) is 4.00. The molecule has 4 rings (SSSR count). The molecule has 1 aliphatic rings. The Hall–Kier alpha value is -2.67. The third-order valence-corrected chi connectivity index (χ3v) is 6.89. The van der Waals surface area contributed by atoms with Crippen LogP contribution >= 0.6 is 0 Å². The fraction of sp³-hybridized carbons (Fsp3) is 0.308. The molecule has 3 aromatic carbocycles. The van der Waals surface area contributed by atoms with Crippen LogP contribution in [0.25, 0.3) is 0 Å². The molecule has 1 aliphatic heterocycles. The summed E-state index contributed by atoms with van der Waals surface area (Å²) in [5.74, 6) is 0.354. The van der Waals surface area contributed by atoms with E-state index >= 15 is 0 Å². The van der Waals surface area contributed by atoms with Crippen molar-refractivity contribution in [2.24, 2.45) is 0 Å². The first-order valence-electron chi connectivity index (χ1n) is 10.7. The predicted octanol–water partition coefficient (Wildman–Crippen LogP) is 4.41. The molecule has 0 radical (unpaired) electrons. The van der Waals surface area contributed by atoms with Gasteiger partial charge in [0.2, 0.25) is 0 Å². The Balaban J connectivity index is 1.48. The number of aliphatic hydroxyl groups is 1.